The van der Waals surface area contributed by atoms with E-state index in [0.29, 0.717) is 39.1 Å². The van der Waals surface area contributed by atoms with Gasteiger partial charge in [-0.25, -0.2) is 0 Å². The van der Waals surface area contributed by atoms with Crippen LogP contribution in [0.15, 0.2) is 23.8 Å². The van der Waals surface area contributed by atoms with E-state index in [1.54, 1.807) is 4.90 Å². The fourth-order valence-corrected chi connectivity index (χ4v) is 4.42. The van der Waals surface area contributed by atoms with E-state index in [0.717, 1.165) is 25.7 Å². The molecule has 0 spiro atoms. The van der Waals surface area contributed by atoms with E-state index in [9.17, 15) is 14.4 Å². The average molecular weight is 489 g/mol. The molecule has 0 radical (unpaired) electrons. The lowest BCUT2D eigenvalue weighted by Gasteiger charge is -2.32. The molecule has 2 atom stereocenters. The van der Waals surface area contributed by atoms with Crippen molar-refractivity contribution in [2.45, 2.75) is 89.4 Å². The summed E-state index contributed by atoms with van der Waals surface area (Å²) >= 11 is 0. The summed E-state index contributed by atoms with van der Waals surface area (Å²) in [6.45, 7) is 9.80. The zero-order chi connectivity index (χ0) is 25.5. The third-order valence-electron chi connectivity index (χ3n) is 7.31. The molecule has 0 aromatic carbocycles. The number of amides is 3. The van der Waals surface area contributed by atoms with Crippen molar-refractivity contribution in [3.63, 3.8) is 0 Å². The largest absolute Gasteiger partial charge is 0.481 e. The number of nitrogens with one attached hydrogen (secondary N) is 2. The molecular weight excluding hydrogens is 449 g/mol. The van der Waals surface area contributed by atoms with Gasteiger partial charge < -0.3 is 29.6 Å². The Hall–Kier alpha value is -2.17. The molecule has 10 heteroatoms. The van der Waals surface area contributed by atoms with E-state index in [4.69, 9.17) is 14.0 Å². The van der Waals surface area contributed by atoms with Crippen molar-refractivity contribution in [3.8, 4) is 0 Å². The standard InChI is InChI=1S/C25H40BN3O6/c1-24(2)25(3,4)35-26(34-24)21(12-8-11-19-9-6-5-7-10-19)28-23(32)20(27-18-30)17-22(31)29-13-15-33-16-14-29/h6,9-10,18,20-21H,5,7-8,11-17H2,1-4H3,(H,27,30)(H,28,32). The number of hydrogen-bond donors (Lipinski definition) is 2. The van der Waals surface area contributed by atoms with Crippen molar-refractivity contribution in [2.24, 2.45) is 0 Å². The normalized spacial score (nSPS) is 22.8. The monoisotopic (exact) mass is 489 g/mol. The molecular formula is C25H40BN3O6. The summed E-state index contributed by atoms with van der Waals surface area (Å²) in [6, 6.07) is -0.975. The van der Waals surface area contributed by atoms with E-state index >= 15 is 0 Å². The Morgan fingerprint density at radius 2 is 1.83 bits per heavy atom. The summed E-state index contributed by atoms with van der Waals surface area (Å²) < 4.78 is 17.8. The maximum Gasteiger partial charge on any atom is 0.481 e. The van der Waals surface area contributed by atoms with Crippen LogP contribution in [0.1, 0.15) is 66.2 Å². The Bertz CT molecular complexity index is 806. The SMILES string of the molecule is CC1(C)OB(C(CCCC2=CCCC=C2)NC(=O)C(CC(=O)N2CCOCC2)NC=O)OC1(C)C. The number of morpholine rings is 1. The highest BCUT2D eigenvalue weighted by atomic mass is 16.7. The van der Waals surface area contributed by atoms with Gasteiger partial charge in [0.05, 0.1) is 36.8 Å². The van der Waals surface area contributed by atoms with Crippen LogP contribution >= 0.6 is 0 Å². The molecule has 2 N–H and O–H groups in total. The Morgan fingerprint density at radius 3 is 2.43 bits per heavy atom. The molecule has 2 heterocycles. The van der Waals surface area contributed by atoms with Gasteiger partial charge in [0.1, 0.15) is 6.04 Å². The van der Waals surface area contributed by atoms with E-state index in [1.807, 2.05) is 27.7 Å². The molecule has 0 saturated carbocycles. The number of rotatable bonds is 11. The first-order valence-electron chi connectivity index (χ1n) is 12.7. The minimum absolute atomic E-state index is 0.113. The molecule has 3 rings (SSSR count). The quantitative estimate of drug-likeness (QED) is 0.339. The van der Waals surface area contributed by atoms with Crippen LogP contribution in [0, 0.1) is 0 Å². The molecule has 35 heavy (non-hydrogen) atoms. The first kappa shape index (κ1) is 27.4. The van der Waals surface area contributed by atoms with Crippen LogP contribution < -0.4 is 10.6 Å². The molecule has 3 amide bonds. The van der Waals surface area contributed by atoms with E-state index < -0.39 is 36.2 Å². The molecule has 0 aromatic rings. The molecule has 3 aliphatic rings. The number of allylic oxidation sites excluding steroid dienone is 4. The van der Waals surface area contributed by atoms with Gasteiger partial charge in [-0.2, -0.15) is 0 Å². The Balaban J connectivity index is 1.66. The van der Waals surface area contributed by atoms with Crippen LogP contribution in [-0.4, -0.2) is 79.7 Å². The summed E-state index contributed by atoms with van der Waals surface area (Å²) in [4.78, 5) is 38.9. The lowest BCUT2D eigenvalue weighted by molar-refractivity contribution is -0.138. The Morgan fingerprint density at radius 1 is 1.14 bits per heavy atom. The summed E-state index contributed by atoms with van der Waals surface area (Å²) in [6.07, 6.45) is 11.4. The van der Waals surface area contributed by atoms with Crippen LogP contribution in [0.4, 0.5) is 0 Å². The van der Waals surface area contributed by atoms with E-state index in [-0.39, 0.29) is 12.3 Å². The highest BCUT2D eigenvalue weighted by molar-refractivity contribution is 6.48. The van der Waals surface area contributed by atoms with E-state index in [2.05, 4.69) is 28.9 Å². The average Bonchev–Trinajstić information content (AvgIpc) is 3.05. The third kappa shape index (κ3) is 7.41. The van der Waals surface area contributed by atoms with Gasteiger partial charge in [0, 0.05) is 13.1 Å². The van der Waals surface area contributed by atoms with Crippen LogP contribution in [-0.2, 0) is 28.4 Å². The van der Waals surface area contributed by atoms with Crippen LogP contribution in [0.5, 0.6) is 0 Å². The fourth-order valence-electron chi connectivity index (χ4n) is 4.42. The molecule has 2 saturated heterocycles. The molecule has 0 aromatic heterocycles. The zero-order valence-electron chi connectivity index (χ0n) is 21.5. The van der Waals surface area contributed by atoms with Crippen molar-refractivity contribution >= 4 is 25.3 Å². The van der Waals surface area contributed by atoms with Crippen molar-refractivity contribution in [2.75, 3.05) is 26.3 Å². The molecule has 0 bridgehead atoms. The minimum atomic E-state index is -0.975. The second kappa shape index (κ2) is 12.2. The number of carbonyl (C=O) groups excluding carboxylic acids is 3. The van der Waals surface area contributed by atoms with Gasteiger partial charge in [0.2, 0.25) is 18.2 Å². The predicted molar refractivity (Wildman–Crippen MR) is 133 cm³/mol. The topological polar surface area (TPSA) is 106 Å². The smallest absolute Gasteiger partial charge is 0.402 e. The molecule has 2 fully saturated rings. The van der Waals surface area contributed by atoms with Crippen molar-refractivity contribution in [3.05, 3.63) is 23.8 Å². The summed E-state index contributed by atoms with van der Waals surface area (Å²) in [7, 11) is -0.633. The van der Waals surface area contributed by atoms with Crippen molar-refractivity contribution < 1.29 is 28.4 Å². The first-order valence-corrected chi connectivity index (χ1v) is 12.7. The first-order chi connectivity index (χ1) is 16.6. The van der Waals surface area contributed by atoms with E-state index in [1.165, 1.54) is 5.57 Å². The van der Waals surface area contributed by atoms with Crippen molar-refractivity contribution in [1.82, 2.24) is 15.5 Å². The third-order valence-corrected chi connectivity index (χ3v) is 7.31. The number of ether oxygens (including phenoxy) is 1. The lowest BCUT2D eigenvalue weighted by atomic mass is 9.75. The highest BCUT2D eigenvalue weighted by Gasteiger charge is 2.54. The summed E-state index contributed by atoms with van der Waals surface area (Å²) in [5.74, 6) is -1.03. The second-order valence-corrected chi connectivity index (χ2v) is 10.4. The predicted octanol–water partition coefficient (Wildman–Crippen LogP) is 1.91. The Labute approximate surface area is 209 Å². The van der Waals surface area contributed by atoms with Gasteiger partial charge in [-0.1, -0.05) is 23.8 Å². The van der Waals surface area contributed by atoms with Gasteiger partial charge in [-0.3, -0.25) is 14.4 Å². The van der Waals surface area contributed by atoms with Gasteiger partial charge in [-0.05, 0) is 59.8 Å². The minimum Gasteiger partial charge on any atom is -0.402 e. The zero-order valence-corrected chi connectivity index (χ0v) is 21.5. The van der Waals surface area contributed by atoms with Gasteiger partial charge in [-0.15, -0.1) is 0 Å². The molecule has 194 valence electrons. The lowest BCUT2D eigenvalue weighted by Crippen LogP contribution is -2.55. The second-order valence-electron chi connectivity index (χ2n) is 10.4. The molecule has 9 nitrogen and oxygen atoms in total. The molecule has 1 aliphatic carbocycles. The fraction of sp³-hybridized carbons (Fsp3) is 0.720. The van der Waals surface area contributed by atoms with Crippen LogP contribution in [0.25, 0.3) is 0 Å². The van der Waals surface area contributed by atoms with Gasteiger partial charge in [0.15, 0.2) is 0 Å². The number of hydrogen-bond acceptors (Lipinski definition) is 6. The van der Waals surface area contributed by atoms with Crippen molar-refractivity contribution in [1.29, 1.82) is 0 Å². The maximum atomic E-state index is 13.2. The molecule has 2 unspecified atom stereocenters. The van der Waals surface area contributed by atoms with Crippen LogP contribution in [0.2, 0.25) is 0 Å². The van der Waals surface area contributed by atoms with Gasteiger partial charge >= 0.3 is 7.12 Å². The Kier molecular flexibility index (Phi) is 9.55. The highest BCUT2D eigenvalue weighted by Crippen LogP contribution is 2.38. The number of nitrogens with zero attached hydrogens (tertiary/aromatic N) is 1. The number of carbonyl (C=O) groups is 3. The van der Waals surface area contributed by atoms with Gasteiger partial charge in [0.25, 0.3) is 0 Å². The summed E-state index contributed by atoms with van der Waals surface area (Å²) in [5, 5.41) is 5.54. The van der Waals surface area contributed by atoms with Crippen LogP contribution in [0.3, 0.4) is 0 Å². The molecule has 2 aliphatic heterocycles. The summed E-state index contributed by atoms with van der Waals surface area (Å²) in [5.41, 5.74) is 0.219. The maximum absolute atomic E-state index is 13.2.